The molecule has 19 heavy (non-hydrogen) atoms. The number of benzene rings is 1. The third kappa shape index (κ3) is 2.61. The molecule has 1 aliphatic heterocycles. The van der Waals surface area contributed by atoms with Gasteiger partial charge in [-0.15, -0.1) is 0 Å². The van der Waals surface area contributed by atoms with E-state index in [4.69, 9.17) is 11.6 Å². The number of aliphatic hydroxyl groups is 1. The van der Waals surface area contributed by atoms with Crippen LogP contribution in [0, 0.1) is 5.41 Å². The van der Waals surface area contributed by atoms with Gasteiger partial charge in [-0.3, -0.25) is 0 Å². The lowest BCUT2D eigenvalue weighted by molar-refractivity contribution is 0.225. The fourth-order valence-electron chi connectivity index (χ4n) is 3.81. The molecule has 1 aliphatic carbocycles. The molecule has 1 aromatic rings. The standard InChI is InChI=1S/C16H22ClNO/c17-14-4-3-13(12-19)15(11-14)18-9-7-16(8-10-18)5-1-2-6-16/h3-4,11,19H,1-2,5-10,12H2. The number of halogens is 1. The molecule has 2 nitrogen and oxygen atoms in total. The van der Waals surface area contributed by atoms with E-state index in [2.05, 4.69) is 4.90 Å². The normalized spacial score (nSPS) is 22.1. The summed E-state index contributed by atoms with van der Waals surface area (Å²) < 4.78 is 0. The lowest BCUT2D eigenvalue weighted by Crippen LogP contribution is -2.39. The number of nitrogens with zero attached hydrogens (tertiary/aromatic N) is 1. The molecule has 3 rings (SSSR count). The molecular weight excluding hydrogens is 258 g/mol. The Bertz CT molecular complexity index is 444. The van der Waals surface area contributed by atoms with Crippen LogP contribution in [0.1, 0.15) is 44.1 Å². The van der Waals surface area contributed by atoms with Crippen molar-refractivity contribution in [3.8, 4) is 0 Å². The van der Waals surface area contributed by atoms with Crippen LogP contribution in [-0.4, -0.2) is 18.2 Å². The molecule has 1 saturated heterocycles. The van der Waals surface area contributed by atoms with E-state index in [-0.39, 0.29) is 6.61 Å². The van der Waals surface area contributed by atoms with Gasteiger partial charge in [0.25, 0.3) is 0 Å². The van der Waals surface area contributed by atoms with Crippen molar-refractivity contribution in [3.63, 3.8) is 0 Å². The Morgan fingerprint density at radius 2 is 1.79 bits per heavy atom. The predicted molar refractivity (Wildman–Crippen MR) is 79.7 cm³/mol. The molecule has 0 atom stereocenters. The lowest BCUT2D eigenvalue weighted by atomic mass is 9.77. The first kappa shape index (κ1) is 13.3. The van der Waals surface area contributed by atoms with E-state index in [0.717, 1.165) is 29.4 Å². The van der Waals surface area contributed by atoms with Crippen LogP contribution in [0.3, 0.4) is 0 Å². The highest BCUT2D eigenvalue weighted by Gasteiger charge is 2.37. The maximum atomic E-state index is 9.48. The predicted octanol–water partition coefficient (Wildman–Crippen LogP) is 3.99. The highest BCUT2D eigenvalue weighted by molar-refractivity contribution is 6.30. The van der Waals surface area contributed by atoms with Crippen molar-refractivity contribution >= 4 is 17.3 Å². The van der Waals surface area contributed by atoms with Gasteiger partial charge in [-0.05, 0) is 43.2 Å². The molecule has 0 unspecified atom stereocenters. The van der Waals surface area contributed by atoms with Gasteiger partial charge in [0, 0.05) is 29.4 Å². The van der Waals surface area contributed by atoms with Gasteiger partial charge in [-0.2, -0.15) is 0 Å². The van der Waals surface area contributed by atoms with E-state index in [1.807, 2.05) is 18.2 Å². The highest BCUT2D eigenvalue weighted by Crippen LogP contribution is 2.47. The summed E-state index contributed by atoms with van der Waals surface area (Å²) in [4.78, 5) is 2.40. The molecule has 3 heteroatoms. The maximum absolute atomic E-state index is 9.48. The van der Waals surface area contributed by atoms with Crippen molar-refractivity contribution in [1.82, 2.24) is 0 Å². The number of piperidine rings is 1. The summed E-state index contributed by atoms with van der Waals surface area (Å²) in [6.45, 7) is 2.30. The van der Waals surface area contributed by atoms with Crippen LogP contribution in [0.2, 0.25) is 5.02 Å². The van der Waals surface area contributed by atoms with E-state index in [9.17, 15) is 5.11 Å². The van der Waals surface area contributed by atoms with Crippen LogP contribution in [0.25, 0.3) is 0 Å². The number of aliphatic hydroxyl groups excluding tert-OH is 1. The maximum Gasteiger partial charge on any atom is 0.0702 e. The van der Waals surface area contributed by atoms with Crippen molar-refractivity contribution in [3.05, 3.63) is 28.8 Å². The van der Waals surface area contributed by atoms with E-state index in [1.165, 1.54) is 38.5 Å². The first-order chi connectivity index (χ1) is 9.22. The molecule has 1 spiro atoms. The van der Waals surface area contributed by atoms with Crippen molar-refractivity contribution in [2.45, 2.75) is 45.1 Å². The summed E-state index contributed by atoms with van der Waals surface area (Å²) >= 11 is 6.11. The Balaban J connectivity index is 1.76. The van der Waals surface area contributed by atoms with Gasteiger partial charge in [0.05, 0.1) is 6.61 Å². The summed E-state index contributed by atoms with van der Waals surface area (Å²) in [6, 6.07) is 5.80. The summed E-state index contributed by atoms with van der Waals surface area (Å²) in [6.07, 6.45) is 8.26. The van der Waals surface area contributed by atoms with Crippen molar-refractivity contribution < 1.29 is 5.11 Å². The van der Waals surface area contributed by atoms with Crippen molar-refractivity contribution in [2.75, 3.05) is 18.0 Å². The van der Waals surface area contributed by atoms with Gasteiger partial charge >= 0.3 is 0 Å². The largest absolute Gasteiger partial charge is 0.392 e. The molecule has 1 heterocycles. The van der Waals surface area contributed by atoms with E-state index in [1.54, 1.807) is 0 Å². The Morgan fingerprint density at radius 3 is 2.42 bits per heavy atom. The third-order valence-corrected chi connectivity index (χ3v) is 5.28. The van der Waals surface area contributed by atoms with Gasteiger partial charge in [-0.25, -0.2) is 0 Å². The molecule has 0 bridgehead atoms. The van der Waals surface area contributed by atoms with Gasteiger partial charge < -0.3 is 10.0 Å². The topological polar surface area (TPSA) is 23.5 Å². The minimum atomic E-state index is 0.0914. The second-order valence-electron chi connectivity index (χ2n) is 6.13. The average Bonchev–Trinajstić information content (AvgIpc) is 2.88. The smallest absolute Gasteiger partial charge is 0.0702 e. The fraction of sp³-hybridized carbons (Fsp3) is 0.625. The molecule has 0 radical (unpaired) electrons. The first-order valence-corrected chi connectivity index (χ1v) is 7.75. The molecule has 104 valence electrons. The molecule has 1 aromatic carbocycles. The highest BCUT2D eigenvalue weighted by atomic mass is 35.5. The van der Waals surface area contributed by atoms with E-state index in [0.29, 0.717) is 5.41 Å². The zero-order valence-electron chi connectivity index (χ0n) is 11.4. The lowest BCUT2D eigenvalue weighted by Gasteiger charge is -2.41. The molecule has 2 aliphatic rings. The Labute approximate surface area is 120 Å². The van der Waals surface area contributed by atoms with Gasteiger partial charge in [0.2, 0.25) is 0 Å². The number of hydrogen-bond donors (Lipinski definition) is 1. The number of hydrogen-bond acceptors (Lipinski definition) is 2. The van der Waals surface area contributed by atoms with E-state index >= 15 is 0 Å². The average molecular weight is 280 g/mol. The number of anilines is 1. The van der Waals surface area contributed by atoms with Crippen LogP contribution in [0.5, 0.6) is 0 Å². The summed E-state index contributed by atoms with van der Waals surface area (Å²) in [5.74, 6) is 0. The SMILES string of the molecule is OCc1ccc(Cl)cc1N1CCC2(CCCC2)CC1. The van der Waals surface area contributed by atoms with Crippen LogP contribution in [0.4, 0.5) is 5.69 Å². The molecule has 1 saturated carbocycles. The van der Waals surface area contributed by atoms with Crippen LogP contribution in [0.15, 0.2) is 18.2 Å². The summed E-state index contributed by atoms with van der Waals surface area (Å²) in [7, 11) is 0. The molecule has 0 amide bonds. The minimum Gasteiger partial charge on any atom is -0.392 e. The Hall–Kier alpha value is -0.730. The van der Waals surface area contributed by atoms with Crippen molar-refractivity contribution in [2.24, 2.45) is 5.41 Å². The zero-order chi connectivity index (χ0) is 13.3. The van der Waals surface area contributed by atoms with Crippen LogP contribution in [-0.2, 0) is 6.61 Å². The quantitative estimate of drug-likeness (QED) is 0.885. The second kappa shape index (κ2) is 5.34. The fourth-order valence-corrected chi connectivity index (χ4v) is 3.98. The van der Waals surface area contributed by atoms with Crippen molar-refractivity contribution in [1.29, 1.82) is 0 Å². The summed E-state index contributed by atoms with van der Waals surface area (Å²) in [5.41, 5.74) is 2.75. The second-order valence-corrected chi connectivity index (χ2v) is 6.56. The minimum absolute atomic E-state index is 0.0914. The van der Waals surface area contributed by atoms with Gasteiger partial charge in [0.1, 0.15) is 0 Å². The monoisotopic (exact) mass is 279 g/mol. The Morgan fingerprint density at radius 1 is 1.11 bits per heavy atom. The molecule has 2 fully saturated rings. The Kier molecular flexibility index (Phi) is 3.72. The number of rotatable bonds is 2. The van der Waals surface area contributed by atoms with Crippen LogP contribution < -0.4 is 4.90 Å². The molecular formula is C16H22ClNO. The van der Waals surface area contributed by atoms with Gasteiger partial charge in [0.15, 0.2) is 0 Å². The van der Waals surface area contributed by atoms with Gasteiger partial charge in [-0.1, -0.05) is 30.5 Å². The first-order valence-electron chi connectivity index (χ1n) is 7.37. The molecule has 1 N–H and O–H groups in total. The zero-order valence-corrected chi connectivity index (χ0v) is 12.1. The third-order valence-electron chi connectivity index (χ3n) is 5.05. The van der Waals surface area contributed by atoms with Crippen LogP contribution >= 0.6 is 11.6 Å². The molecule has 0 aromatic heterocycles. The summed E-state index contributed by atoms with van der Waals surface area (Å²) in [5, 5.41) is 10.2. The van der Waals surface area contributed by atoms with E-state index < -0.39 is 0 Å².